The number of halogens is 1. The molecule has 1 N–H and O–H groups in total. The number of anilines is 1. The largest absolute Gasteiger partial charge is 0.383 e. The van der Waals surface area contributed by atoms with Gasteiger partial charge < -0.3 is 10.1 Å². The molecule has 0 saturated heterocycles. The van der Waals surface area contributed by atoms with Gasteiger partial charge in [-0.2, -0.15) is 0 Å². The Morgan fingerprint density at radius 1 is 1.52 bits per heavy atom. The second-order valence-electron chi connectivity index (χ2n) is 6.10. The highest BCUT2D eigenvalue weighted by atomic mass is 32.2. The number of thioether (sulfide) groups is 2. The van der Waals surface area contributed by atoms with Crippen molar-refractivity contribution in [3.05, 3.63) is 46.1 Å². The minimum absolute atomic E-state index is 0.0669. The molecule has 0 bridgehead atoms. The van der Waals surface area contributed by atoms with Gasteiger partial charge in [0.2, 0.25) is 5.91 Å². The molecule has 2 aromatic rings. The summed E-state index contributed by atoms with van der Waals surface area (Å²) in [6, 6.07) is 5.71. The highest BCUT2D eigenvalue weighted by Gasteiger charge is 2.26. The van der Waals surface area contributed by atoms with Crippen LogP contribution in [0.3, 0.4) is 0 Å². The number of carbonyl (C=O) groups is 1. The van der Waals surface area contributed by atoms with Gasteiger partial charge in [0.25, 0.3) is 5.56 Å². The number of hydrogen-bond acceptors (Lipinski definition) is 6. The van der Waals surface area contributed by atoms with Crippen LogP contribution in [0.1, 0.15) is 12.6 Å². The third kappa shape index (κ3) is 4.91. The molecule has 0 fully saturated rings. The van der Waals surface area contributed by atoms with Crippen LogP contribution in [0.5, 0.6) is 0 Å². The average molecular weight is 410 g/mol. The molecule has 1 amide bonds. The molecule has 0 spiro atoms. The Balaban J connectivity index is 1.75. The standard InChI is InChI=1S/C18H20FN3O3S2/c1-11-8-14-16(27-11)17(24)22(6-7-25-2)18(21-14)26-10-15(23)20-13-5-3-4-12(19)9-13/h3-5,9,11H,6-8,10H2,1-2H3,(H,20,23)/t11-/m0/s1. The minimum atomic E-state index is -0.416. The fourth-order valence-electron chi connectivity index (χ4n) is 2.71. The lowest BCUT2D eigenvalue weighted by atomic mass is 10.2. The van der Waals surface area contributed by atoms with Crippen molar-refractivity contribution >= 4 is 35.1 Å². The number of hydrogen-bond donors (Lipinski definition) is 1. The molecule has 0 unspecified atom stereocenters. The molecule has 2 heterocycles. The van der Waals surface area contributed by atoms with Crippen molar-refractivity contribution in [1.82, 2.24) is 9.55 Å². The van der Waals surface area contributed by atoms with E-state index in [9.17, 15) is 14.0 Å². The number of nitrogens with one attached hydrogen (secondary N) is 1. The van der Waals surface area contributed by atoms with Crippen LogP contribution < -0.4 is 10.9 Å². The van der Waals surface area contributed by atoms with Crippen LogP contribution in [0.2, 0.25) is 0 Å². The first kappa shape index (κ1) is 19.9. The Labute approximate surface area is 164 Å². The summed E-state index contributed by atoms with van der Waals surface area (Å²) in [5.41, 5.74) is 1.10. The Morgan fingerprint density at radius 2 is 2.33 bits per heavy atom. The molecule has 1 aromatic heterocycles. The fraction of sp³-hybridized carbons (Fsp3) is 0.389. The third-order valence-corrected chi connectivity index (χ3v) is 6.11. The number of rotatable bonds is 7. The lowest BCUT2D eigenvalue weighted by Gasteiger charge is -2.13. The van der Waals surface area contributed by atoms with Crippen LogP contribution in [0.25, 0.3) is 0 Å². The average Bonchev–Trinajstić information content (AvgIpc) is 3.00. The van der Waals surface area contributed by atoms with Gasteiger partial charge in [-0.15, -0.1) is 11.8 Å². The van der Waals surface area contributed by atoms with E-state index in [-0.39, 0.29) is 17.2 Å². The predicted molar refractivity (Wildman–Crippen MR) is 105 cm³/mol. The Hall–Kier alpha value is -1.84. The number of amides is 1. The maximum absolute atomic E-state index is 13.2. The molecule has 27 heavy (non-hydrogen) atoms. The topological polar surface area (TPSA) is 73.2 Å². The van der Waals surface area contributed by atoms with E-state index in [0.717, 1.165) is 12.1 Å². The van der Waals surface area contributed by atoms with Crippen molar-refractivity contribution in [2.75, 3.05) is 24.8 Å². The Kier molecular flexibility index (Phi) is 6.56. The molecule has 144 valence electrons. The van der Waals surface area contributed by atoms with E-state index in [1.165, 1.54) is 30.0 Å². The monoisotopic (exact) mass is 409 g/mol. The van der Waals surface area contributed by atoms with Crippen molar-refractivity contribution < 1.29 is 13.9 Å². The van der Waals surface area contributed by atoms with Gasteiger partial charge in [-0.3, -0.25) is 14.2 Å². The zero-order valence-electron chi connectivity index (χ0n) is 15.0. The van der Waals surface area contributed by atoms with Gasteiger partial charge in [0.1, 0.15) is 5.82 Å². The van der Waals surface area contributed by atoms with Crippen LogP contribution in [0, 0.1) is 5.82 Å². The number of aromatic nitrogens is 2. The molecule has 3 rings (SSSR count). The van der Waals surface area contributed by atoms with Crippen LogP contribution in [0.4, 0.5) is 10.1 Å². The van der Waals surface area contributed by atoms with E-state index in [2.05, 4.69) is 17.2 Å². The van der Waals surface area contributed by atoms with E-state index >= 15 is 0 Å². The van der Waals surface area contributed by atoms with Gasteiger partial charge in [0.05, 0.1) is 29.5 Å². The van der Waals surface area contributed by atoms with Gasteiger partial charge >= 0.3 is 0 Å². The summed E-state index contributed by atoms with van der Waals surface area (Å²) in [4.78, 5) is 30.3. The van der Waals surface area contributed by atoms with Crippen molar-refractivity contribution in [2.45, 2.75) is 35.2 Å². The molecule has 1 atom stereocenters. The molecule has 0 radical (unpaired) electrons. The highest BCUT2D eigenvalue weighted by Crippen LogP contribution is 2.34. The van der Waals surface area contributed by atoms with Gasteiger partial charge in [-0.25, -0.2) is 9.37 Å². The van der Waals surface area contributed by atoms with Gasteiger partial charge in [0, 0.05) is 24.5 Å². The zero-order valence-corrected chi connectivity index (χ0v) is 16.7. The summed E-state index contributed by atoms with van der Waals surface area (Å²) in [6.07, 6.45) is 0.739. The lowest BCUT2D eigenvalue weighted by Crippen LogP contribution is -2.27. The number of fused-ring (bicyclic) bond motifs is 1. The van der Waals surface area contributed by atoms with Crippen molar-refractivity contribution in [1.29, 1.82) is 0 Å². The van der Waals surface area contributed by atoms with Crippen LogP contribution in [-0.4, -0.2) is 40.2 Å². The van der Waals surface area contributed by atoms with E-state index in [0.29, 0.717) is 34.1 Å². The highest BCUT2D eigenvalue weighted by molar-refractivity contribution is 8.00. The molecular formula is C18H20FN3O3S2. The van der Waals surface area contributed by atoms with E-state index in [1.54, 1.807) is 29.5 Å². The van der Waals surface area contributed by atoms with Crippen molar-refractivity contribution in [3.8, 4) is 0 Å². The maximum atomic E-state index is 13.2. The summed E-state index contributed by atoms with van der Waals surface area (Å²) in [5, 5.41) is 3.46. The second kappa shape index (κ2) is 8.90. The van der Waals surface area contributed by atoms with E-state index < -0.39 is 5.82 Å². The summed E-state index contributed by atoms with van der Waals surface area (Å²) in [7, 11) is 1.57. The van der Waals surface area contributed by atoms with Crippen LogP contribution >= 0.6 is 23.5 Å². The summed E-state index contributed by atoms with van der Waals surface area (Å²) >= 11 is 2.73. The molecule has 6 nitrogen and oxygen atoms in total. The molecule has 1 aromatic carbocycles. The predicted octanol–water partition coefficient (Wildman–Crippen LogP) is 2.80. The summed E-state index contributed by atoms with van der Waals surface area (Å²) < 4.78 is 19.9. The van der Waals surface area contributed by atoms with Gasteiger partial charge in [-0.1, -0.05) is 24.8 Å². The van der Waals surface area contributed by atoms with E-state index in [4.69, 9.17) is 4.74 Å². The number of nitrogens with zero attached hydrogens (tertiary/aromatic N) is 2. The lowest BCUT2D eigenvalue weighted by molar-refractivity contribution is -0.113. The first-order valence-electron chi connectivity index (χ1n) is 8.45. The Morgan fingerprint density at radius 3 is 3.07 bits per heavy atom. The van der Waals surface area contributed by atoms with E-state index in [1.807, 2.05) is 0 Å². The van der Waals surface area contributed by atoms with Crippen LogP contribution in [-0.2, 0) is 22.5 Å². The molecular weight excluding hydrogens is 389 g/mol. The maximum Gasteiger partial charge on any atom is 0.268 e. The van der Waals surface area contributed by atoms with Crippen molar-refractivity contribution in [2.24, 2.45) is 0 Å². The minimum Gasteiger partial charge on any atom is -0.383 e. The second-order valence-corrected chi connectivity index (χ2v) is 8.49. The van der Waals surface area contributed by atoms with Gasteiger partial charge in [-0.05, 0) is 18.2 Å². The normalized spacial score (nSPS) is 15.6. The number of benzene rings is 1. The fourth-order valence-corrected chi connectivity index (χ4v) is 4.67. The summed E-state index contributed by atoms with van der Waals surface area (Å²) in [5.74, 6) is -0.639. The smallest absolute Gasteiger partial charge is 0.268 e. The van der Waals surface area contributed by atoms with Crippen LogP contribution in [0.15, 0.2) is 39.1 Å². The summed E-state index contributed by atoms with van der Waals surface area (Å²) in [6.45, 7) is 2.81. The van der Waals surface area contributed by atoms with Gasteiger partial charge in [0.15, 0.2) is 5.16 Å². The SMILES string of the molecule is COCCn1c(SCC(=O)Nc2cccc(F)c2)nc2c(c1=O)S[C@@H](C)C2. The molecule has 1 aliphatic rings. The molecule has 0 aliphatic carbocycles. The first-order chi connectivity index (χ1) is 13.0. The Bertz CT molecular complexity index is 904. The quantitative estimate of drug-likeness (QED) is 0.560. The molecule has 9 heteroatoms. The molecule has 0 saturated carbocycles. The number of ether oxygens (including phenoxy) is 1. The third-order valence-electron chi connectivity index (χ3n) is 3.92. The number of carbonyl (C=O) groups excluding carboxylic acids is 1. The van der Waals surface area contributed by atoms with Crippen molar-refractivity contribution in [3.63, 3.8) is 0 Å². The number of methoxy groups -OCH3 is 1. The molecule has 1 aliphatic heterocycles. The first-order valence-corrected chi connectivity index (χ1v) is 10.3. The zero-order chi connectivity index (χ0) is 19.4.